The number of halogens is 2. The molecule has 2 rings (SSSR count). The van der Waals surface area contributed by atoms with Crippen LogP contribution in [0.4, 0.5) is 0 Å². The molecule has 1 nitrogen and oxygen atoms in total. The van der Waals surface area contributed by atoms with Crippen LogP contribution in [0.3, 0.4) is 0 Å². The second-order valence-electron chi connectivity index (χ2n) is 3.89. The van der Waals surface area contributed by atoms with Crippen LogP contribution in [0.25, 0.3) is 0 Å². The summed E-state index contributed by atoms with van der Waals surface area (Å²) in [5, 5.41) is 11.4. The molecule has 0 fully saturated rings. The van der Waals surface area contributed by atoms with Crippen LogP contribution in [0, 0.1) is 5.92 Å². The lowest BCUT2D eigenvalue weighted by Gasteiger charge is -2.17. The summed E-state index contributed by atoms with van der Waals surface area (Å²) in [6.07, 6.45) is -0.453. The summed E-state index contributed by atoms with van der Waals surface area (Å²) in [5.41, 5.74) is 1.92. The fraction of sp³-hybridized carbons (Fsp3) is 0.455. The second kappa shape index (κ2) is 4.54. The summed E-state index contributed by atoms with van der Waals surface area (Å²) < 4.78 is 0. The molecule has 0 aromatic heterocycles. The summed E-state index contributed by atoms with van der Waals surface area (Å²) in [5.74, 6) is 2.04. The highest BCUT2D eigenvalue weighted by Crippen LogP contribution is 2.39. The Labute approximate surface area is 104 Å². The molecular weight excluding hydrogens is 251 g/mol. The minimum atomic E-state index is -0.453. The van der Waals surface area contributed by atoms with Gasteiger partial charge in [-0.15, -0.1) is 0 Å². The SMILES string of the molecule is CC1CSCc2c(Cl)cc(Cl)cc2C1O. The second-order valence-corrected chi connectivity index (χ2v) is 5.77. The fourth-order valence-corrected chi connectivity index (χ4v) is 3.64. The van der Waals surface area contributed by atoms with E-state index in [0.29, 0.717) is 10.0 Å². The molecular formula is C11H12Cl2OS. The number of fused-ring (bicyclic) bond motifs is 1. The molecule has 1 heterocycles. The van der Waals surface area contributed by atoms with E-state index in [2.05, 4.69) is 0 Å². The molecule has 82 valence electrons. The van der Waals surface area contributed by atoms with Crippen molar-refractivity contribution < 1.29 is 5.11 Å². The molecule has 0 spiro atoms. The number of thioether (sulfide) groups is 1. The first-order valence-electron chi connectivity index (χ1n) is 4.83. The Bertz CT molecular complexity index is 381. The summed E-state index contributed by atoms with van der Waals surface area (Å²) in [6, 6.07) is 3.57. The van der Waals surface area contributed by atoms with E-state index in [9.17, 15) is 5.11 Å². The topological polar surface area (TPSA) is 20.2 Å². The maximum absolute atomic E-state index is 10.1. The number of aliphatic hydroxyl groups is 1. The van der Waals surface area contributed by atoms with Gasteiger partial charge in [0.2, 0.25) is 0 Å². The Hall–Kier alpha value is 0.110. The van der Waals surface area contributed by atoms with Crippen molar-refractivity contribution in [2.45, 2.75) is 18.8 Å². The zero-order valence-electron chi connectivity index (χ0n) is 8.34. The average Bonchev–Trinajstić information content (AvgIpc) is 2.30. The molecule has 1 aromatic carbocycles. The zero-order valence-corrected chi connectivity index (χ0v) is 10.7. The van der Waals surface area contributed by atoms with Crippen LogP contribution in [-0.4, -0.2) is 10.9 Å². The van der Waals surface area contributed by atoms with Crippen LogP contribution >= 0.6 is 35.0 Å². The van der Waals surface area contributed by atoms with Crippen LogP contribution in [0.15, 0.2) is 12.1 Å². The molecule has 1 aliphatic heterocycles. The van der Waals surface area contributed by atoms with E-state index in [-0.39, 0.29) is 5.92 Å². The highest BCUT2D eigenvalue weighted by molar-refractivity contribution is 7.98. The minimum absolute atomic E-state index is 0.241. The van der Waals surface area contributed by atoms with Crippen LogP contribution in [0.5, 0.6) is 0 Å². The molecule has 4 heteroatoms. The Morgan fingerprint density at radius 2 is 2.13 bits per heavy atom. The first-order valence-corrected chi connectivity index (χ1v) is 6.74. The largest absolute Gasteiger partial charge is 0.388 e. The molecule has 0 radical (unpaired) electrons. The van der Waals surface area contributed by atoms with E-state index >= 15 is 0 Å². The lowest BCUT2D eigenvalue weighted by Crippen LogP contribution is -2.10. The molecule has 15 heavy (non-hydrogen) atoms. The summed E-state index contributed by atoms with van der Waals surface area (Å²) in [7, 11) is 0. The number of aliphatic hydroxyl groups excluding tert-OH is 1. The van der Waals surface area contributed by atoms with Gasteiger partial charge in [0.1, 0.15) is 0 Å². The predicted molar refractivity (Wildman–Crippen MR) is 66.7 cm³/mol. The predicted octanol–water partition coefficient (Wildman–Crippen LogP) is 3.91. The lowest BCUT2D eigenvalue weighted by molar-refractivity contribution is 0.129. The van der Waals surface area contributed by atoms with Gasteiger partial charge in [-0.1, -0.05) is 30.1 Å². The molecule has 0 bridgehead atoms. The number of hydrogen-bond acceptors (Lipinski definition) is 2. The fourth-order valence-electron chi connectivity index (χ4n) is 1.78. The molecule has 0 saturated carbocycles. The van der Waals surface area contributed by atoms with Crippen molar-refractivity contribution in [3.63, 3.8) is 0 Å². The van der Waals surface area contributed by atoms with Crippen LogP contribution in [-0.2, 0) is 5.75 Å². The van der Waals surface area contributed by atoms with E-state index in [1.165, 1.54) is 0 Å². The Morgan fingerprint density at radius 1 is 1.40 bits per heavy atom. The first kappa shape index (κ1) is 11.6. The Balaban J connectivity index is 2.53. The van der Waals surface area contributed by atoms with Crippen molar-refractivity contribution in [3.05, 3.63) is 33.3 Å². The molecule has 0 saturated heterocycles. The van der Waals surface area contributed by atoms with E-state index in [4.69, 9.17) is 23.2 Å². The van der Waals surface area contributed by atoms with E-state index in [1.807, 2.05) is 13.0 Å². The molecule has 0 amide bonds. The number of hydrogen-bond donors (Lipinski definition) is 1. The highest BCUT2D eigenvalue weighted by atomic mass is 35.5. The van der Waals surface area contributed by atoms with Crippen molar-refractivity contribution in [1.29, 1.82) is 0 Å². The third kappa shape index (κ3) is 2.28. The highest BCUT2D eigenvalue weighted by Gasteiger charge is 2.24. The third-order valence-corrected chi connectivity index (χ3v) is 4.49. The monoisotopic (exact) mass is 262 g/mol. The summed E-state index contributed by atoms with van der Waals surface area (Å²) in [6.45, 7) is 2.04. The quantitative estimate of drug-likeness (QED) is 0.765. The van der Waals surface area contributed by atoms with Crippen molar-refractivity contribution in [2.24, 2.45) is 5.92 Å². The van der Waals surface area contributed by atoms with Gasteiger partial charge < -0.3 is 5.11 Å². The molecule has 1 aromatic rings. The van der Waals surface area contributed by atoms with Crippen molar-refractivity contribution in [3.8, 4) is 0 Å². The van der Waals surface area contributed by atoms with Crippen molar-refractivity contribution in [2.75, 3.05) is 5.75 Å². The van der Waals surface area contributed by atoms with Gasteiger partial charge >= 0.3 is 0 Å². The number of rotatable bonds is 0. The number of benzene rings is 1. The van der Waals surface area contributed by atoms with E-state index in [1.54, 1.807) is 17.8 Å². The smallest absolute Gasteiger partial charge is 0.0827 e. The molecule has 0 aliphatic carbocycles. The normalized spacial score (nSPS) is 25.9. The van der Waals surface area contributed by atoms with Gasteiger partial charge in [-0.05, 0) is 34.9 Å². The minimum Gasteiger partial charge on any atom is -0.388 e. The molecule has 1 N–H and O–H groups in total. The Morgan fingerprint density at radius 3 is 2.87 bits per heavy atom. The van der Waals surface area contributed by atoms with Crippen LogP contribution in [0.2, 0.25) is 10.0 Å². The van der Waals surface area contributed by atoms with Gasteiger partial charge in [0, 0.05) is 15.8 Å². The summed E-state index contributed by atoms with van der Waals surface area (Å²) >= 11 is 13.9. The van der Waals surface area contributed by atoms with Crippen LogP contribution < -0.4 is 0 Å². The van der Waals surface area contributed by atoms with E-state index in [0.717, 1.165) is 22.6 Å². The first-order chi connectivity index (χ1) is 7.09. The van der Waals surface area contributed by atoms with E-state index < -0.39 is 6.10 Å². The zero-order chi connectivity index (χ0) is 11.0. The maximum atomic E-state index is 10.1. The van der Waals surface area contributed by atoms with Gasteiger partial charge in [-0.25, -0.2) is 0 Å². The molecule has 2 unspecified atom stereocenters. The van der Waals surface area contributed by atoms with Crippen molar-refractivity contribution in [1.82, 2.24) is 0 Å². The lowest BCUT2D eigenvalue weighted by atomic mass is 9.95. The van der Waals surface area contributed by atoms with Gasteiger partial charge in [0.05, 0.1) is 6.10 Å². The van der Waals surface area contributed by atoms with Gasteiger partial charge in [-0.2, -0.15) is 11.8 Å². The summed E-state index contributed by atoms with van der Waals surface area (Å²) in [4.78, 5) is 0. The average molecular weight is 263 g/mol. The van der Waals surface area contributed by atoms with Crippen molar-refractivity contribution >= 4 is 35.0 Å². The molecule has 2 atom stereocenters. The van der Waals surface area contributed by atoms with Gasteiger partial charge in [-0.3, -0.25) is 0 Å². The maximum Gasteiger partial charge on any atom is 0.0827 e. The standard InChI is InChI=1S/C11H12Cl2OS/c1-6-4-15-5-9-8(11(6)14)2-7(12)3-10(9)13/h2-3,6,11,14H,4-5H2,1H3. The Kier molecular flexibility index (Phi) is 3.51. The molecule has 1 aliphatic rings. The van der Waals surface area contributed by atoms with Gasteiger partial charge in [0.25, 0.3) is 0 Å². The van der Waals surface area contributed by atoms with Crippen LogP contribution in [0.1, 0.15) is 24.2 Å². The van der Waals surface area contributed by atoms with Gasteiger partial charge in [0.15, 0.2) is 0 Å². The third-order valence-electron chi connectivity index (χ3n) is 2.68.